The van der Waals surface area contributed by atoms with Gasteiger partial charge in [-0.1, -0.05) is 39.0 Å². The summed E-state index contributed by atoms with van der Waals surface area (Å²) in [5.74, 6) is -1.83. The molecule has 40 heavy (non-hydrogen) atoms. The molecule has 10 nitrogen and oxygen atoms in total. The molecule has 1 saturated heterocycles. The number of unbranched alkanes of at least 4 members (excludes halogenated alkanes) is 5. The van der Waals surface area contributed by atoms with Crippen LogP contribution in [0.5, 0.6) is 5.75 Å². The number of halogens is 2. The van der Waals surface area contributed by atoms with Gasteiger partial charge in [0.25, 0.3) is 0 Å². The van der Waals surface area contributed by atoms with Crippen LogP contribution in [-0.4, -0.2) is 61.5 Å². The first-order valence-corrected chi connectivity index (χ1v) is 15.5. The largest absolute Gasteiger partial charge is 0.492 e. The van der Waals surface area contributed by atoms with Crippen molar-refractivity contribution in [1.29, 1.82) is 0 Å². The minimum absolute atomic E-state index is 0.276. The zero-order chi connectivity index (χ0) is 29.8. The van der Waals surface area contributed by atoms with Crippen LogP contribution in [0, 0.1) is 7.14 Å². The second-order valence-electron chi connectivity index (χ2n) is 9.54. The number of hydrogen-bond donors (Lipinski definition) is 0. The molecule has 0 saturated carbocycles. The van der Waals surface area contributed by atoms with Crippen molar-refractivity contribution in [2.24, 2.45) is 0 Å². The smallest absolute Gasteiger partial charge is 0.303 e. The van der Waals surface area contributed by atoms with Crippen molar-refractivity contribution in [3.63, 3.8) is 0 Å². The van der Waals surface area contributed by atoms with Crippen LogP contribution in [0.4, 0.5) is 0 Å². The van der Waals surface area contributed by atoms with Crippen LogP contribution in [0.2, 0.25) is 0 Å². The summed E-state index contributed by atoms with van der Waals surface area (Å²) in [4.78, 5) is 47.8. The van der Waals surface area contributed by atoms with E-state index in [2.05, 4.69) is 52.1 Å². The summed E-state index contributed by atoms with van der Waals surface area (Å²) in [6, 6.07) is 3.74. The molecule has 0 N–H and O–H groups in total. The molecule has 0 spiro atoms. The summed E-state index contributed by atoms with van der Waals surface area (Å²) in [6.07, 6.45) is 1.42. The molecular formula is C28H38I2O10. The molecule has 1 aliphatic rings. The molecule has 0 unspecified atom stereocenters. The minimum Gasteiger partial charge on any atom is -0.492 e. The average molecular weight is 788 g/mol. The molecule has 0 bridgehead atoms. The number of benzene rings is 1. The summed E-state index contributed by atoms with van der Waals surface area (Å²) in [6.45, 7) is 7.36. The first kappa shape index (κ1) is 34.5. The van der Waals surface area contributed by atoms with Gasteiger partial charge in [-0.05, 0) is 69.3 Å². The first-order valence-electron chi connectivity index (χ1n) is 13.4. The van der Waals surface area contributed by atoms with Gasteiger partial charge in [-0.3, -0.25) is 19.2 Å². The summed E-state index contributed by atoms with van der Waals surface area (Å²) in [5.41, 5.74) is 0.648. The Morgan fingerprint density at radius 3 is 1.93 bits per heavy atom. The van der Waals surface area contributed by atoms with Crippen molar-refractivity contribution >= 4 is 69.1 Å². The molecule has 0 radical (unpaired) electrons. The number of esters is 4. The van der Waals surface area contributed by atoms with Crippen LogP contribution in [0.1, 0.15) is 84.8 Å². The minimum atomic E-state index is -1.22. The van der Waals surface area contributed by atoms with E-state index in [1.165, 1.54) is 53.4 Å². The standard InChI is InChI=1S/C28H38I2O10/c1-6-7-8-9-10-11-12-35-23-14-21(29)20(13-22(23)30)25-27(38-18(4)33)28(39-19(5)34)26(37-17(3)32)24(40-25)15-36-16(2)31/h13-14,24-28H,6-12,15H2,1-5H3/t24-,25+,26-,27+,28+/m1/s1. The van der Waals surface area contributed by atoms with Crippen molar-refractivity contribution in [1.82, 2.24) is 0 Å². The van der Waals surface area contributed by atoms with Crippen LogP contribution >= 0.6 is 45.2 Å². The molecule has 2 rings (SSSR count). The van der Waals surface area contributed by atoms with Crippen LogP contribution in [-0.2, 0) is 42.9 Å². The lowest BCUT2D eigenvalue weighted by Gasteiger charge is -2.44. The lowest BCUT2D eigenvalue weighted by Crippen LogP contribution is -2.59. The van der Waals surface area contributed by atoms with Gasteiger partial charge < -0.3 is 28.4 Å². The number of carbonyl (C=O) groups is 4. The fraction of sp³-hybridized carbons (Fsp3) is 0.643. The average Bonchev–Trinajstić information content (AvgIpc) is 2.85. The van der Waals surface area contributed by atoms with Gasteiger partial charge >= 0.3 is 23.9 Å². The normalized spacial score (nSPS) is 22.2. The maximum Gasteiger partial charge on any atom is 0.303 e. The van der Waals surface area contributed by atoms with Gasteiger partial charge in [-0.25, -0.2) is 0 Å². The van der Waals surface area contributed by atoms with E-state index in [1.54, 1.807) is 0 Å². The lowest BCUT2D eigenvalue weighted by molar-refractivity contribution is -0.254. The molecule has 0 aliphatic carbocycles. The van der Waals surface area contributed by atoms with Gasteiger partial charge in [-0.15, -0.1) is 0 Å². The third-order valence-corrected chi connectivity index (χ3v) is 7.88. The Kier molecular flexibility index (Phi) is 14.9. The fourth-order valence-electron chi connectivity index (χ4n) is 4.42. The number of ether oxygens (including phenoxy) is 6. The monoisotopic (exact) mass is 788 g/mol. The van der Waals surface area contributed by atoms with Crippen molar-refractivity contribution < 1.29 is 47.6 Å². The Morgan fingerprint density at radius 2 is 1.32 bits per heavy atom. The van der Waals surface area contributed by atoms with E-state index in [1.807, 2.05) is 12.1 Å². The van der Waals surface area contributed by atoms with Crippen LogP contribution in [0.15, 0.2) is 12.1 Å². The van der Waals surface area contributed by atoms with Gasteiger partial charge in [0, 0.05) is 31.3 Å². The lowest BCUT2D eigenvalue weighted by atomic mass is 9.90. The summed E-state index contributed by atoms with van der Waals surface area (Å²) in [7, 11) is 0. The van der Waals surface area contributed by atoms with Gasteiger partial charge in [0.2, 0.25) is 0 Å². The highest BCUT2D eigenvalue weighted by Crippen LogP contribution is 2.41. The van der Waals surface area contributed by atoms with Crippen molar-refractivity contribution in [3.8, 4) is 5.75 Å². The van der Waals surface area contributed by atoms with E-state index < -0.39 is 54.4 Å². The highest BCUT2D eigenvalue weighted by atomic mass is 127. The van der Waals surface area contributed by atoms with Crippen molar-refractivity contribution in [2.75, 3.05) is 13.2 Å². The fourth-order valence-corrected chi connectivity index (χ4v) is 5.81. The van der Waals surface area contributed by atoms with E-state index in [9.17, 15) is 19.2 Å². The maximum absolute atomic E-state index is 12.2. The summed E-state index contributed by atoms with van der Waals surface area (Å²) >= 11 is 4.32. The second-order valence-corrected chi connectivity index (χ2v) is 11.9. The molecule has 1 aliphatic heterocycles. The van der Waals surface area contributed by atoms with Gasteiger partial charge in [0.15, 0.2) is 18.3 Å². The second kappa shape index (κ2) is 17.3. The summed E-state index contributed by atoms with van der Waals surface area (Å²) in [5, 5.41) is 0. The molecule has 1 fully saturated rings. The molecule has 224 valence electrons. The van der Waals surface area contributed by atoms with E-state index >= 15 is 0 Å². The topological polar surface area (TPSA) is 124 Å². The van der Waals surface area contributed by atoms with Gasteiger partial charge in [-0.2, -0.15) is 0 Å². The Labute approximate surface area is 262 Å². The molecule has 0 aromatic heterocycles. The molecule has 5 atom stereocenters. The quantitative estimate of drug-likeness (QED) is 0.104. The third-order valence-electron chi connectivity index (χ3n) is 6.10. The molecule has 12 heteroatoms. The highest BCUT2D eigenvalue weighted by molar-refractivity contribution is 14.1. The van der Waals surface area contributed by atoms with Gasteiger partial charge in [0.1, 0.15) is 24.6 Å². The van der Waals surface area contributed by atoms with Crippen LogP contribution < -0.4 is 4.74 Å². The predicted octanol–water partition coefficient (Wildman–Crippen LogP) is 5.43. The highest BCUT2D eigenvalue weighted by Gasteiger charge is 2.53. The van der Waals surface area contributed by atoms with Crippen LogP contribution in [0.3, 0.4) is 0 Å². The summed E-state index contributed by atoms with van der Waals surface area (Å²) < 4.78 is 35.8. The van der Waals surface area contributed by atoms with Crippen molar-refractivity contribution in [3.05, 3.63) is 24.8 Å². The van der Waals surface area contributed by atoms with Gasteiger partial charge in [0.05, 0.1) is 10.2 Å². The van der Waals surface area contributed by atoms with E-state index in [0.717, 1.165) is 20.0 Å². The zero-order valence-electron chi connectivity index (χ0n) is 23.5. The maximum atomic E-state index is 12.2. The predicted molar refractivity (Wildman–Crippen MR) is 162 cm³/mol. The Bertz CT molecular complexity index is 1030. The van der Waals surface area contributed by atoms with Crippen LogP contribution in [0.25, 0.3) is 0 Å². The molecule has 1 aromatic rings. The Morgan fingerprint density at radius 1 is 0.750 bits per heavy atom. The number of carbonyl (C=O) groups excluding carboxylic acids is 4. The Balaban J connectivity index is 2.40. The Hall–Kier alpha value is -1.68. The van der Waals surface area contributed by atoms with E-state index in [0.29, 0.717) is 17.9 Å². The first-order chi connectivity index (χ1) is 18.9. The van der Waals surface area contributed by atoms with E-state index in [-0.39, 0.29) is 6.61 Å². The molecule has 1 aromatic carbocycles. The molecular weight excluding hydrogens is 750 g/mol. The number of rotatable bonds is 14. The van der Waals surface area contributed by atoms with Crippen molar-refractivity contribution in [2.45, 2.75) is 104 Å². The third kappa shape index (κ3) is 11.0. The zero-order valence-corrected chi connectivity index (χ0v) is 27.9. The molecule has 0 amide bonds. The SMILES string of the molecule is CCCCCCCCOc1cc(I)c([C@@H]2O[C@H](COC(C)=O)[C@@H](OC(C)=O)[C@H](OC(C)=O)[C@H]2OC(C)=O)cc1I. The van der Waals surface area contributed by atoms with E-state index in [4.69, 9.17) is 28.4 Å². The number of hydrogen-bond acceptors (Lipinski definition) is 10. The molecule has 1 heterocycles.